The molecule has 0 spiro atoms. The maximum absolute atomic E-state index is 13.8. The van der Waals surface area contributed by atoms with Gasteiger partial charge in [-0.2, -0.15) is 13.2 Å². The molecule has 1 aromatic carbocycles. The zero-order valence-electron chi connectivity index (χ0n) is 13.0. The second kappa shape index (κ2) is 5.96. The van der Waals surface area contributed by atoms with Gasteiger partial charge in [-0.3, -0.25) is 9.59 Å². The molecule has 126 valence electrons. The molecule has 1 saturated heterocycles. The van der Waals surface area contributed by atoms with E-state index < -0.39 is 41.3 Å². The number of ketones is 1. The van der Waals surface area contributed by atoms with Crippen molar-refractivity contribution in [2.75, 3.05) is 7.11 Å². The van der Waals surface area contributed by atoms with Crippen molar-refractivity contribution in [1.29, 1.82) is 0 Å². The largest absolute Gasteiger partial charge is 0.468 e. The minimum atomic E-state index is -4.75. The number of ether oxygens (including phenoxy) is 1. The first-order valence-electron chi connectivity index (χ1n) is 7.14. The average Bonchev–Trinajstić information content (AvgIpc) is 2.79. The summed E-state index contributed by atoms with van der Waals surface area (Å²) in [6.45, 7) is 2.37. The molecule has 1 fully saturated rings. The molecule has 1 heterocycles. The Labute approximate surface area is 132 Å². The number of benzene rings is 1. The van der Waals surface area contributed by atoms with Crippen LogP contribution in [0, 0.1) is 11.3 Å². The van der Waals surface area contributed by atoms with E-state index in [9.17, 15) is 22.8 Å². The molecule has 0 saturated carbocycles. The fraction of sp³-hybridized carbons (Fsp3) is 0.500. The molecule has 23 heavy (non-hydrogen) atoms. The normalized spacial score (nSPS) is 31.0. The van der Waals surface area contributed by atoms with Crippen LogP contribution in [-0.4, -0.2) is 37.1 Å². The molecule has 7 heteroatoms. The lowest BCUT2D eigenvalue weighted by molar-refractivity contribution is -0.232. The highest BCUT2D eigenvalue weighted by atomic mass is 19.4. The first-order valence-corrected chi connectivity index (χ1v) is 7.14. The van der Waals surface area contributed by atoms with Crippen molar-refractivity contribution in [2.45, 2.75) is 32.1 Å². The van der Waals surface area contributed by atoms with Crippen LogP contribution >= 0.6 is 0 Å². The minimum absolute atomic E-state index is 0.187. The average molecular weight is 329 g/mol. The van der Waals surface area contributed by atoms with Crippen LogP contribution in [0.5, 0.6) is 0 Å². The SMILES string of the molecule is COC(=O)[C@H]1N[C@@H](C)[C@H](C(=O)c2ccccc2)[C@@]1(C)C(F)(F)F. The number of methoxy groups -OCH3 is 1. The third-order valence-corrected chi connectivity index (χ3v) is 4.56. The molecule has 0 unspecified atom stereocenters. The Balaban J connectivity index is 2.52. The van der Waals surface area contributed by atoms with Crippen LogP contribution in [0.4, 0.5) is 13.2 Å². The highest BCUT2D eigenvalue weighted by Gasteiger charge is 2.69. The minimum Gasteiger partial charge on any atom is -0.468 e. The van der Waals surface area contributed by atoms with Gasteiger partial charge in [-0.05, 0) is 13.8 Å². The monoisotopic (exact) mass is 329 g/mol. The van der Waals surface area contributed by atoms with E-state index in [0.29, 0.717) is 0 Å². The number of hydrogen-bond donors (Lipinski definition) is 1. The van der Waals surface area contributed by atoms with E-state index in [2.05, 4.69) is 10.1 Å². The van der Waals surface area contributed by atoms with E-state index in [1.807, 2.05) is 0 Å². The molecule has 4 atom stereocenters. The highest BCUT2D eigenvalue weighted by molar-refractivity contribution is 6.00. The molecule has 1 N–H and O–H groups in total. The van der Waals surface area contributed by atoms with Crippen LogP contribution < -0.4 is 5.32 Å². The summed E-state index contributed by atoms with van der Waals surface area (Å²) in [5, 5.41) is 2.59. The van der Waals surface area contributed by atoms with E-state index in [1.54, 1.807) is 18.2 Å². The molecule has 4 nitrogen and oxygen atoms in total. The molecule has 0 bridgehead atoms. The van der Waals surface area contributed by atoms with Crippen molar-refractivity contribution in [3.63, 3.8) is 0 Å². The lowest BCUT2D eigenvalue weighted by Gasteiger charge is -2.36. The number of hydrogen-bond acceptors (Lipinski definition) is 4. The van der Waals surface area contributed by atoms with Crippen molar-refractivity contribution in [3.8, 4) is 0 Å². The second-order valence-corrected chi connectivity index (χ2v) is 5.90. The molecule has 0 aromatic heterocycles. The molecule has 0 radical (unpaired) electrons. The van der Waals surface area contributed by atoms with Gasteiger partial charge in [0.2, 0.25) is 0 Å². The molecule has 2 rings (SSSR count). The van der Waals surface area contributed by atoms with Gasteiger partial charge in [-0.25, -0.2) is 0 Å². The van der Waals surface area contributed by atoms with Crippen LogP contribution in [0.3, 0.4) is 0 Å². The van der Waals surface area contributed by atoms with Gasteiger partial charge in [0.15, 0.2) is 5.78 Å². The predicted octanol–water partition coefficient (Wildman–Crippen LogP) is 2.59. The molecule has 1 aliphatic rings. The Morgan fingerprint density at radius 1 is 1.22 bits per heavy atom. The van der Waals surface area contributed by atoms with Gasteiger partial charge < -0.3 is 10.1 Å². The molecule has 0 amide bonds. The van der Waals surface area contributed by atoms with Crippen molar-refractivity contribution >= 4 is 11.8 Å². The lowest BCUT2D eigenvalue weighted by atomic mass is 9.69. The van der Waals surface area contributed by atoms with Crippen LogP contribution in [-0.2, 0) is 9.53 Å². The molecular formula is C16H18F3NO3. The first kappa shape index (κ1) is 17.5. The van der Waals surface area contributed by atoms with Crippen LogP contribution in [0.15, 0.2) is 30.3 Å². The summed E-state index contributed by atoms with van der Waals surface area (Å²) in [6, 6.07) is 5.34. The quantitative estimate of drug-likeness (QED) is 0.684. The second-order valence-electron chi connectivity index (χ2n) is 5.90. The summed E-state index contributed by atoms with van der Waals surface area (Å²) < 4.78 is 45.9. The summed E-state index contributed by atoms with van der Waals surface area (Å²) in [4.78, 5) is 24.5. The van der Waals surface area contributed by atoms with E-state index in [-0.39, 0.29) is 5.56 Å². The maximum Gasteiger partial charge on any atom is 0.397 e. The van der Waals surface area contributed by atoms with Gasteiger partial charge in [-0.1, -0.05) is 30.3 Å². The van der Waals surface area contributed by atoms with Gasteiger partial charge in [0.05, 0.1) is 13.0 Å². The van der Waals surface area contributed by atoms with Crippen LogP contribution in [0.25, 0.3) is 0 Å². The Hall–Kier alpha value is -1.89. The smallest absolute Gasteiger partial charge is 0.397 e. The summed E-state index contributed by atoms with van der Waals surface area (Å²) in [6.07, 6.45) is -4.75. The van der Waals surface area contributed by atoms with Gasteiger partial charge in [0.1, 0.15) is 11.5 Å². The topological polar surface area (TPSA) is 55.4 Å². The predicted molar refractivity (Wildman–Crippen MR) is 76.8 cm³/mol. The van der Waals surface area contributed by atoms with Gasteiger partial charge >= 0.3 is 12.1 Å². The van der Waals surface area contributed by atoms with Crippen LogP contribution in [0.1, 0.15) is 24.2 Å². The maximum atomic E-state index is 13.8. The Morgan fingerprint density at radius 2 is 1.78 bits per heavy atom. The highest BCUT2D eigenvalue weighted by Crippen LogP contribution is 2.52. The Morgan fingerprint density at radius 3 is 2.26 bits per heavy atom. The fourth-order valence-electron chi connectivity index (χ4n) is 3.28. The zero-order chi connectivity index (χ0) is 17.4. The van der Waals surface area contributed by atoms with Gasteiger partial charge in [0.25, 0.3) is 0 Å². The number of Topliss-reactive ketones (excluding diaryl/α,β-unsaturated/α-hetero) is 1. The summed E-state index contributed by atoms with van der Waals surface area (Å²) >= 11 is 0. The van der Waals surface area contributed by atoms with Crippen molar-refractivity contribution < 1.29 is 27.5 Å². The van der Waals surface area contributed by atoms with Gasteiger partial charge in [-0.15, -0.1) is 0 Å². The number of carbonyl (C=O) groups excluding carboxylic acids is 2. The van der Waals surface area contributed by atoms with Crippen molar-refractivity contribution in [2.24, 2.45) is 11.3 Å². The Kier molecular flexibility index (Phi) is 4.52. The number of nitrogens with one attached hydrogen (secondary N) is 1. The molecule has 1 aromatic rings. The molecule has 0 aliphatic carbocycles. The van der Waals surface area contributed by atoms with E-state index in [4.69, 9.17) is 0 Å². The fourth-order valence-corrected chi connectivity index (χ4v) is 3.28. The number of carbonyl (C=O) groups is 2. The Bertz CT molecular complexity index is 602. The van der Waals surface area contributed by atoms with Crippen LogP contribution in [0.2, 0.25) is 0 Å². The van der Waals surface area contributed by atoms with Gasteiger partial charge in [0, 0.05) is 11.6 Å². The third kappa shape index (κ3) is 2.73. The lowest BCUT2D eigenvalue weighted by Crippen LogP contribution is -2.53. The van der Waals surface area contributed by atoms with E-state index in [0.717, 1.165) is 14.0 Å². The number of alkyl halides is 3. The third-order valence-electron chi connectivity index (χ3n) is 4.56. The van der Waals surface area contributed by atoms with Crippen molar-refractivity contribution in [1.82, 2.24) is 5.32 Å². The number of rotatable bonds is 3. The van der Waals surface area contributed by atoms with E-state index in [1.165, 1.54) is 19.1 Å². The zero-order valence-corrected chi connectivity index (χ0v) is 13.0. The summed E-state index contributed by atoms with van der Waals surface area (Å²) in [5.74, 6) is -3.09. The molecule has 1 aliphatic heterocycles. The number of halogens is 3. The van der Waals surface area contributed by atoms with Crippen molar-refractivity contribution in [3.05, 3.63) is 35.9 Å². The van der Waals surface area contributed by atoms with E-state index >= 15 is 0 Å². The first-order chi connectivity index (χ1) is 10.6. The molecular weight excluding hydrogens is 311 g/mol. The summed E-state index contributed by atoms with van der Waals surface area (Å²) in [5.41, 5.74) is -2.36. The number of esters is 1. The summed E-state index contributed by atoms with van der Waals surface area (Å²) in [7, 11) is 1.03. The standard InChI is InChI=1S/C16H18F3NO3/c1-9-11(12(21)10-7-5-4-6-8-10)15(2,16(17,18)19)13(20-9)14(22)23-3/h4-9,11,13,20H,1-3H3/t9-,11+,13+,15+/m0/s1.